The van der Waals surface area contributed by atoms with Crippen LogP contribution in [0.2, 0.25) is 0 Å². The molecule has 8 nitrogen and oxygen atoms in total. The Morgan fingerprint density at radius 2 is 1.29 bits per heavy atom. The van der Waals surface area contributed by atoms with Gasteiger partial charge in [0.25, 0.3) is 0 Å². The van der Waals surface area contributed by atoms with Gasteiger partial charge in [-0.3, -0.25) is 4.79 Å². The van der Waals surface area contributed by atoms with Crippen LogP contribution >= 0.6 is 0 Å². The number of carbonyl (C=O) groups excluding carboxylic acids is 1. The highest BCUT2D eigenvalue weighted by atomic mass is 16.1. The summed E-state index contributed by atoms with van der Waals surface area (Å²) in [5.74, 6) is -0.356. The van der Waals surface area contributed by atoms with E-state index in [1.165, 1.54) is 0 Å². The number of aromatic nitrogens is 3. The fraction of sp³-hybridized carbons (Fsp3) is 0. The molecule has 0 saturated carbocycles. The van der Waals surface area contributed by atoms with Gasteiger partial charge in [0.2, 0.25) is 23.8 Å². The van der Waals surface area contributed by atoms with Crippen LogP contribution in [0.3, 0.4) is 0 Å². The molecule has 1 aromatic heterocycles. The number of hydrogen-bond donors (Lipinski definition) is 4. The summed E-state index contributed by atoms with van der Waals surface area (Å²) < 4.78 is 0. The molecule has 0 aliphatic carbocycles. The van der Waals surface area contributed by atoms with E-state index < -0.39 is 5.91 Å². The lowest BCUT2D eigenvalue weighted by molar-refractivity contribution is -0.113. The van der Waals surface area contributed by atoms with Crippen molar-refractivity contribution in [1.29, 1.82) is 0 Å². The first-order valence-corrected chi connectivity index (χ1v) is 3.40. The summed E-state index contributed by atoms with van der Waals surface area (Å²) in [6.07, 6.45) is 1.06. The minimum Gasteiger partial charge on any atom is -0.368 e. The fourth-order valence-corrected chi connectivity index (χ4v) is 0.427. The first kappa shape index (κ1) is 11.6. The minimum atomic E-state index is -0.481. The Morgan fingerprint density at radius 1 is 1.07 bits per heavy atom. The second-order valence-electron chi connectivity index (χ2n) is 2.02. The van der Waals surface area contributed by atoms with Crippen LogP contribution in [0.25, 0.3) is 0 Å². The third-order valence-electron chi connectivity index (χ3n) is 0.888. The van der Waals surface area contributed by atoms with Gasteiger partial charge >= 0.3 is 0 Å². The molecular weight excluding hydrogens is 186 g/mol. The molecule has 8 heteroatoms. The van der Waals surface area contributed by atoms with Crippen molar-refractivity contribution in [2.75, 3.05) is 17.2 Å². The predicted molar refractivity (Wildman–Crippen MR) is 52.5 cm³/mol. The van der Waals surface area contributed by atoms with Gasteiger partial charge in [-0.2, -0.15) is 15.0 Å². The lowest BCUT2D eigenvalue weighted by Gasteiger charge is -1.93. The Labute approximate surface area is 80.0 Å². The summed E-state index contributed by atoms with van der Waals surface area (Å²) in [6, 6.07) is 0. The summed E-state index contributed by atoms with van der Waals surface area (Å²) in [4.78, 5) is 19.9. The molecule has 1 heterocycles. The van der Waals surface area contributed by atoms with Crippen molar-refractivity contribution in [2.45, 2.75) is 0 Å². The molecule has 1 amide bonds. The van der Waals surface area contributed by atoms with Crippen LogP contribution in [0.15, 0.2) is 12.7 Å². The topological polar surface area (TPSA) is 160 Å². The first-order chi connectivity index (χ1) is 6.45. The van der Waals surface area contributed by atoms with E-state index in [-0.39, 0.29) is 17.8 Å². The van der Waals surface area contributed by atoms with Crippen LogP contribution in [0, 0.1) is 0 Å². The number of primary amides is 1. The molecule has 1 rings (SSSR count). The zero-order chi connectivity index (χ0) is 11.1. The van der Waals surface area contributed by atoms with E-state index in [2.05, 4.69) is 27.3 Å². The maximum atomic E-state index is 9.47. The number of nitrogens with zero attached hydrogens (tertiary/aromatic N) is 3. The van der Waals surface area contributed by atoms with Crippen molar-refractivity contribution in [2.24, 2.45) is 5.73 Å². The van der Waals surface area contributed by atoms with E-state index in [0.717, 1.165) is 6.08 Å². The van der Waals surface area contributed by atoms with Crippen molar-refractivity contribution in [3.8, 4) is 0 Å². The summed E-state index contributed by atoms with van der Waals surface area (Å²) in [7, 11) is 0. The second kappa shape index (κ2) is 5.30. The number of hydrogen-bond acceptors (Lipinski definition) is 7. The molecule has 14 heavy (non-hydrogen) atoms. The van der Waals surface area contributed by atoms with E-state index in [1.807, 2.05) is 0 Å². The monoisotopic (exact) mass is 197 g/mol. The molecule has 0 bridgehead atoms. The summed E-state index contributed by atoms with van der Waals surface area (Å²) in [5, 5.41) is 0. The normalized spacial score (nSPS) is 8.29. The van der Waals surface area contributed by atoms with Gasteiger partial charge in [-0.15, -0.1) is 0 Å². The molecule has 0 unspecified atom stereocenters. The van der Waals surface area contributed by atoms with Gasteiger partial charge in [0.1, 0.15) is 0 Å². The zero-order valence-electron chi connectivity index (χ0n) is 7.34. The lowest BCUT2D eigenvalue weighted by atomic mass is 10.6. The third-order valence-corrected chi connectivity index (χ3v) is 0.888. The Kier molecular flexibility index (Phi) is 4.40. The Hall–Kier alpha value is -2.38. The van der Waals surface area contributed by atoms with Crippen molar-refractivity contribution < 1.29 is 4.79 Å². The highest BCUT2D eigenvalue weighted by Gasteiger charge is 1.93. The van der Waals surface area contributed by atoms with Gasteiger partial charge in [0, 0.05) is 0 Å². The third kappa shape index (κ3) is 5.29. The molecule has 0 fully saturated rings. The minimum absolute atomic E-state index is 0.0417. The summed E-state index contributed by atoms with van der Waals surface area (Å²) in [6.45, 7) is 3.09. The van der Waals surface area contributed by atoms with Crippen LogP contribution in [-0.2, 0) is 4.79 Å². The van der Waals surface area contributed by atoms with Gasteiger partial charge < -0.3 is 22.9 Å². The van der Waals surface area contributed by atoms with Crippen molar-refractivity contribution in [1.82, 2.24) is 15.0 Å². The van der Waals surface area contributed by atoms with Gasteiger partial charge in [0.05, 0.1) is 0 Å². The van der Waals surface area contributed by atoms with E-state index in [4.69, 9.17) is 17.2 Å². The smallest absolute Gasteiger partial charge is 0.240 e. The van der Waals surface area contributed by atoms with Gasteiger partial charge in [-0.1, -0.05) is 6.58 Å². The largest absolute Gasteiger partial charge is 0.368 e. The molecule has 0 radical (unpaired) electrons. The van der Waals surface area contributed by atoms with Gasteiger partial charge in [-0.25, -0.2) is 0 Å². The fourth-order valence-electron chi connectivity index (χ4n) is 0.427. The number of amides is 1. The number of anilines is 3. The molecule has 1 aromatic rings. The number of nitrogens with two attached hydrogens (primary N) is 4. The van der Waals surface area contributed by atoms with Crippen LogP contribution in [-0.4, -0.2) is 20.9 Å². The number of carbonyl (C=O) groups is 1. The van der Waals surface area contributed by atoms with Crippen molar-refractivity contribution >= 4 is 23.8 Å². The van der Waals surface area contributed by atoms with Crippen LogP contribution in [0.1, 0.15) is 0 Å². The maximum Gasteiger partial charge on any atom is 0.240 e. The van der Waals surface area contributed by atoms with Gasteiger partial charge in [-0.05, 0) is 6.08 Å². The molecule has 8 N–H and O–H groups in total. The molecule has 0 aliphatic rings. The van der Waals surface area contributed by atoms with Gasteiger partial charge in [0.15, 0.2) is 0 Å². The average molecular weight is 197 g/mol. The van der Waals surface area contributed by atoms with E-state index >= 15 is 0 Å². The van der Waals surface area contributed by atoms with Crippen LogP contribution < -0.4 is 22.9 Å². The molecule has 0 atom stereocenters. The lowest BCUT2D eigenvalue weighted by Crippen LogP contribution is -2.05. The highest BCUT2D eigenvalue weighted by molar-refractivity contribution is 5.84. The summed E-state index contributed by atoms with van der Waals surface area (Å²) in [5.41, 5.74) is 19.9. The molecular formula is C6H11N7O. The molecule has 0 aliphatic heterocycles. The second-order valence-corrected chi connectivity index (χ2v) is 2.02. The van der Waals surface area contributed by atoms with Crippen LogP contribution in [0.4, 0.5) is 17.8 Å². The van der Waals surface area contributed by atoms with Crippen molar-refractivity contribution in [3.05, 3.63) is 12.7 Å². The Balaban J connectivity index is 0.000000292. The Bertz CT molecular complexity index is 286. The number of nitrogen functional groups attached to an aromatic ring is 3. The summed E-state index contributed by atoms with van der Waals surface area (Å²) >= 11 is 0. The van der Waals surface area contributed by atoms with E-state index in [0.29, 0.717) is 0 Å². The molecule has 0 saturated heterocycles. The van der Waals surface area contributed by atoms with E-state index in [9.17, 15) is 4.79 Å². The highest BCUT2D eigenvalue weighted by Crippen LogP contribution is 1.97. The first-order valence-electron chi connectivity index (χ1n) is 3.40. The van der Waals surface area contributed by atoms with Crippen LogP contribution in [0.5, 0.6) is 0 Å². The predicted octanol–water partition coefficient (Wildman–Crippen LogP) is -1.72. The quantitative estimate of drug-likeness (QED) is 0.389. The molecule has 0 aromatic carbocycles. The van der Waals surface area contributed by atoms with E-state index in [1.54, 1.807) is 0 Å². The Morgan fingerprint density at radius 3 is 1.43 bits per heavy atom. The molecule has 76 valence electrons. The average Bonchev–Trinajstić information content (AvgIpc) is 2.02. The number of rotatable bonds is 1. The maximum absolute atomic E-state index is 9.47. The molecule has 0 spiro atoms. The zero-order valence-corrected chi connectivity index (χ0v) is 7.34. The van der Waals surface area contributed by atoms with Crippen molar-refractivity contribution in [3.63, 3.8) is 0 Å². The standard InChI is InChI=1S/C3H6N6.C3H5NO/c4-1-7-2(5)9-3(6)8-1;1-2-3(4)5/h(H6,4,5,6,7,8,9);2H,1H2,(H2,4,5). The SMILES string of the molecule is C=CC(N)=O.Nc1nc(N)nc(N)n1.